The van der Waals surface area contributed by atoms with Crippen molar-refractivity contribution in [2.75, 3.05) is 5.32 Å². The van der Waals surface area contributed by atoms with Gasteiger partial charge in [-0.1, -0.05) is 0 Å². The molecular weight excluding hydrogens is 344 g/mol. The third kappa shape index (κ3) is 3.30. The summed E-state index contributed by atoms with van der Waals surface area (Å²) >= 11 is 0. The van der Waals surface area contributed by atoms with Crippen LogP contribution in [0.3, 0.4) is 0 Å². The van der Waals surface area contributed by atoms with Crippen LogP contribution in [0.2, 0.25) is 0 Å². The smallest absolute Gasteiger partial charge is 0.284 e. The number of hydrogen-bond acceptors (Lipinski definition) is 4. The minimum atomic E-state index is -0.890. The second-order valence-electron chi connectivity index (χ2n) is 5.52. The molecule has 0 saturated carbocycles. The van der Waals surface area contributed by atoms with Crippen molar-refractivity contribution in [1.82, 2.24) is 9.78 Å². The lowest BCUT2D eigenvalue weighted by Gasteiger charge is -2.09. The maximum Gasteiger partial charge on any atom is 0.284 e. The molecule has 0 spiro atoms. The first-order valence-corrected chi connectivity index (χ1v) is 7.51. The highest BCUT2D eigenvalue weighted by Gasteiger charge is 2.15. The van der Waals surface area contributed by atoms with E-state index in [4.69, 9.17) is 0 Å². The number of nitrogens with one attached hydrogen (secondary N) is 1. The van der Waals surface area contributed by atoms with Crippen LogP contribution in [0, 0.1) is 18.6 Å². The summed E-state index contributed by atoms with van der Waals surface area (Å²) in [5, 5.41) is 15.7. The number of anilines is 1. The molecule has 8 heteroatoms. The Labute approximate surface area is 146 Å². The van der Waals surface area contributed by atoms with Gasteiger partial charge in [0.25, 0.3) is 11.5 Å². The van der Waals surface area contributed by atoms with E-state index in [1.54, 1.807) is 0 Å². The van der Waals surface area contributed by atoms with Gasteiger partial charge in [0.2, 0.25) is 0 Å². The van der Waals surface area contributed by atoms with E-state index in [9.17, 15) is 23.5 Å². The Hall–Kier alpha value is -3.55. The second-order valence-corrected chi connectivity index (χ2v) is 5.52. The molecule has 132 valence electrons. The first-order valence-electron chi connectivity index (χ1n) is 7.51. The van der Waals surface area contributed by atoms with E-state index >= 15 is 0 Å². The van der Waals surface area contributed by atoms with Crippen molar-refractivity contribution >= 4 is 11.6 Å². The molecule has 0 saturated heterocycles. The molecule has 0 aliphatic heterocycles. The fourth-order valence-electron chi connectivity index (χ4n) is 2.36. The third-order valence-corrected chi connectivity index (χ3v) is 3.67. The van der Waals surface area contributed by atoms with E-state index in [-0.39, 0.29) is 22.5 Å². The van der Waals surface area contributed by atoms with Crippen LogP contribution in [0.25, 0.3) is 5.69 Å². The fraction of sp³-hybridized carbons (Fsp3) is 0.0556. The van der Waals surface area contributed by atoms with Gasteiger partial charge in [-0.3, -0.25) is 9.59 Å². The normalized spacial score (nSPS) is 10.6. The molecule has 0 unspecified atom stereocenters. The highest BCUT2D eigenvalue weighted by Crippen LogP contribution is 2.25. The number of rotatable bonds is 3. The summed E-state index contributed by atoms with van der Waals surface area (Å²) in [4.78, 5) is 24.9. The zero-order chi connectivity index (χ0) is 18.8. The van der Waals surface area contributed by atoms with Gasteiger partial charge in [-0.05, 0) is 48.9 Å². The van der Waals surface area contributed by atoms with Gasteiger partial charge in [-0.15, -0.1) is 0 Å². The summed E-state index contributed by atoms with van der Waals surface area (Å²) < 4.78 is 27.6. The average Bonchev–Trinajstić information content (AvgIpc) is 2.60. The van der Waals surface area contributed by atoms with Gasteiger partial charge in [-0.25, -0.2) is 8.78 Å². The minimum Gasteiger partial charge on any atom is -0.505 e. The van der Waals surface area contributed by atoms with Crippen LogP contribution in [-0.2, 0) is 0 Å². The van der Waals surface area contributed by atoms with E-state index in [0.29, 0.717) is 0 Å². The lowest BCUT2D eigenvalue weighted by molar-refractivity contribution is 0.102. The number of aryl methyl sites for hydroxylation is 1. The van der Waals surface area contributed by atoms with Crippen molar-refractivity contribution in [1.29, 1.82) is 0 Å². The molecule has 0 fully saturated rings. The molecule has 0 atom stereocenters. The van der Waals surface area contributed by atoms with Crippen LogP contribution < -0.4 is 10.9 Å². The second kappa shape index (κ2) is 6.75. The van der Waals surface area contributed by atoms with Gasteiger partial charge in [0.1, 0.15) is 11.4 Å². The van der Waals surface area contributed by atoms with Crippen LogP contribution in [0.4, 0.5) is 14.5 Å². The van der Waals surface area contributed by atoms with E-state index < -0.39 is 28.9 Å². The number of aromatic hydroxyl groups is 1. The van der Waals surface area contributed by atoms with Gasteiger partial charge in [-0.2, -0.15) is 9.78 Å². The Balaban J connectivity index is 1.95. The zero-order valence-electron chi connectivity index (χ0n) is 13.5. The number of phenolic OH excluding ortho intramolecular Hbond substituents is 1. The highest BCUT2D eigenvalue weighted by atomic mass is 19.1. The van der Waals surface area contributed by atoms with Gasteiger partial charge in [0.15, 0.2) is 11.6 Å². The Bertz CT molecular complexity index is 1020. The van der Waals surface area contributed by atoms with Crippen LogP contribution in [0.1, 0.15) is 15.9 Å². The van der Waals surface area contributed by atoms with Gasteiger partial charge < -0.3 is 10.4 Å². The van der Waals surface area contributed by atoms with Crippen LogP contribution >= 0.6 is 0 Å². The molecular formula is C18H13F2N3O3. The first kappa shape index (κ1) is 17.3. The van der Waals surface area contributed by atoms with Gasteiger partial charge in [0, 0.05) is 18.0 Å². The Morgan fingerprint density at radius 3 is 2.50 bits per heavy atom. The molecule has 6 nitrogen and oxygen atoms in total. The number of carbonyl (C=O) groups excluding carboxylic acids is 1. The van der Waals surface area contributed by atoms with Crippen LogP contribution in [-0.4, -0.2) is 20.8 Å². The lowest BCUT2D eigenvalue weighted by Crippen LogP contribution is -2.29. The van der Waals surface area contributed by atoms with Crippen LogP contribution in [0.5, 0.6) is 5.75 Å². The summed E-state index contributed by atoms with van der Waals surface area (Å²) in [6.07, 6.45) is 1.25. The number of aromatic nitrogens is 2. The Morgan fingerprint density at radius 1 is 1.15 bits per heavy atom. The number of halogens is 2. The average molecular weight is 357 g/mol. The SMILES string of the molecule is Cc1cc(NC(=O)c2ccnn(-c3ccc(F)cc3)c2=O)cc(F)c1O. The molecule has 1 aromatic heterocycles. The maximum absolute atomic E-state index is 13.6. The van der Waals surface area contributed by atoms with E-state index in [1.807, 2.05) is 0 Å². The Kier molecular flexibility index (Phi) is 4.49. The lowest BCUT2D eigenvalue weighted by atomic mass is 10.2. The van der Waals surface area contributed by atoms with Crippen molar-refractivity contribution in [3.8, 4) is 11.4 Å². The third-order valence-electron chi connectivity index (χ3n) is 3.67. The number of benzene rings is 2. The molecule has 1 amide bonds. The standard InChI is InChI=1S/C18H13F2N3O3/c1-10-8-12(9-15(20)16(10)24)22-17(25)14-6-7-21-23(18(14)26)13-4-2-11(19)3-5-13/h2-9,24H,1H3,(H,22,25). The Morgan fingerprint density at radius 2 is 1.85 bits per heavy atom. The van der Waals surface area contributed by atoms with E-state index in [0.717, 1.165) is 22.9 Å². The fourth-order valence-corrected chi connectivity index (χ4v) is 2.36. The summed E-state index contributed by atoms with van der Waals surface area (Å²) in [7, 11) is 0. The van der Waals surface area contributed by atoms with E-state index in [1.165, 1.54) is 37.4 Å². The summed E-state index contributed by atoms with van der Waals surface area (Å²) in [5.74, 6) is -2.64. The summed E-state index contributed by atoms with van der Waals surface area (Å²) in [6, 6.07) is 8.57. The molecule has 0 aliphatic carbocycles. The quantitative estimate of drug-likeness (QED) is 0.706. The predicted octanol–water partition coefficient (Wildman–Crippen LogP) is 2.78. The zero-order valence-corrected chi connectivity index (χ0v) is 13.5. The molecule has 2 N–H and O–H groups in total. The molecule has 0 radical (unpaired) electrons. The number of phenols is 1. The maximum atomic E-state index is 13.6. The van der Waals surface area contributed by atoms with Crippen molar-refractivity contribution in [3.63, 3.8) is 0 Å². The molecule has 0 aliphatic rings. The topological polar surface area (TPSA) is 84.2 Å². The highest BCUT2D eigenvalue weighted by molar-refractivity contribution is 6.04. The minimum absolute atomic E-state index is 0.0901. The van der Waals surface area contributed by atoms with Crippen molar-refractivity contribution < 1.29 is 18.7 Å². The first-order chi connectivity index (χ1) is 12.4. The predicted molar refractivity (Wildman–Crippen MR) is 90.5 cm³/mol. The van der Waals surface area contributed by atoms with Crippen molar-refractivity contribution in [2.45, 2.75) is 6.92 Å². The van der Waals surface area contributed by atoms with Gasteiger partial charge >= 0.3 is 0 Å². The monoisotopic (exact) mass is 357 g/mol. The number of nitrogens with zero attached hydrogens (tertiary/aromatic N) is 2. The molecule has 26 heavy (non-hydrogen) atoms. The largest absolute Gasteiger partial charge is 0.505 e. The number of hydrogen-bond donors (Lipinski definition) is 2. The van der Waals surface area contributed by atoms with Crippen LogP contribution in [0.15, 0.2) is 53.5 Å². The summed E-state index contributed by atoms with van der Waals surface area (Å²) in [6.45, 7) is 1.47. The summed E-state index contributed by atoms with van der Waals surface area (Å²) in [5.41, 5.74) is -0.327. The van der Waals surface area contributed by atoms with Gasteiger partial charge in [0.05, 0.1) is 5.69 Å². The molecule has 0 bridgehead atoms. The number of carbonyl (C=O) groups is 1. The van der Waals surface area contributed by atoms with Crippen molar-refractivity contribution in [2.24, 2.45) is 0 Å². The molecule has 3 aromatic rings. The molecule has 3 rings (SSSR count). The van der Waals surface area contributed by atoms with Crippen molar-refractivity contribution in [3.05, 3.63) is 81.8 Å². The van der Waals surface area contributed by atoms with E-state index in [2.05, 4.69) is 10.4 Å². The number of amides is 1. The molecule has 1 heterocycles. The molecule has 2 aromatic carbocycles.